The minimum absolute atomic E-state index is 0.0551. The van der Waals surface area contributed by atoms with Gasteiger partial charge in [0.25, 0.3) is 5.56 Å². The van der Waals surface area contributed by atoms with Crippen LogP contribution in [0.3, 0.4) is 0 Å². The van der Waals surface area contributed by atoms with Crippen molar-refractivity contribution >= 4 is 45.3 Å². The molecule has 31 heavy (non-hydrogen) atoms. The Balaban J connectivity index is 1.80. The summed E-state index contributed by atoms with van der Waals surface area (Å²) < 4.78 is 1.68. The standard InChI is InChI=1S/C22H24N4O3S2/c1-12-7-8-15(13(2)11-12)26-20(28)18-14-5-3-4-6-16(14)31-19(18)25-22(26)30-10-9-17(27)24-21(23)29/h7-8,11H,3-6,9-10H2,1-2H3,(H3,23,24,27,29). The number of aryl methyl sites for hydroxylation is 4. The number of rotatable bonds is 5. The highest BCUT2D eigenvalue weighted by atomic mass is 32.2. The number of thioether (sulfide) groups is 1. The lowest BCUT2D eigenvalue weighted by molar-refractivity contribution is -0.119. The van der Waals surface area contributed by atoms with Gasteiger partial charge in [-0.2, -0.15) is 0 Å². The average molecular weight is 457 g/mol. The van der Waals surface area contributed by atoms with Crippen LogP contribution >= 0.6 is 23.1 Å². The highest BCUT2D eigenvalue weighted by Crippen LogP contribution is 2.35. The molecule has 9 heteroatoms. The van der Waals surface area contributed by atoms with Gasteiger partial charge >= 0.3 is 6.03 Å². The van der Waals surface area contributed by atoms with Crippen LogP contribution in [-0.2, 0) is 17.6 Å². The Hall–Kier alpha value is -2.65. The molecule has 3 aromatic rings. The molecule has 3 N–H and O–H groups in total. The van der Waals surface area contributed by atoms with E-state index in [0.29, 0.717) is 10.9 Å². The number of amides is 3. The number of benzene rings is 1. The number of carbonyl (C=O) groups excluding carboxylic acids is 2. The molecule has 162 valence electrons. The third-order valence-corrected chi connectivity index (χ3v) is 7.50. The molecule has 2 heterocycles. The van der Waals surface area contributed by atoms with E-state index in [0.717, 1.165) is 58.3 Å². The average Bonchev–Trinajstić information content (AvgIpc) is 3.07. The zero-order chi connectivity index (χ0) is 22.1. The number of carbonyl (C=O) groups is 2. The first kappa shape index (κ1) is 21.6. The molecule has 0 unspecified atom stereocenters. The van der Waals surface area contributed by atoms with Gasteiger partial charge in [-0.15, -0.1) is 11.3 Å². The smallest absolute Gasteiger partial charge is 0.318 e. The lowest BCUT2D eigenvalue weighted by Gasteiger charge is -2.15. The number of hydrogen-bond acceptors (Lipinski definition) is 6. The summed E-state index contributed by atoms with van der Waals surface area (Å²) in [5.74, 6) is -0.0827. The molecular formula is C22H24N4O3S2. The van der Waals surface area contributed by atoms with E-state index in [4.69, 9.17) is 10.7 Å². The van der Waals surface area contributed by atoms with Crippen LogP contribution in [0.5, 0.6) is 0 Å². The lowest BCUT2D eigenvalue weighted by atomic mass is 9.97. The minimum Gasteiger partial charge on any atom is -0.351 e. The highest BCUT2D eigenvalue weighted by Gasteiger charge is 2.23. The van der Waals surface area contributed by atoms with Gasteiger partial charge in [-0.25, -0.2) is 9.78 Å². The Morgan fingerprint density at radius 1 is 1.26 bits per heavy atom. The molecule has 3 amide bonds. The van der Waals surface area contributed by atoms with Gasteiger partial charge in [0.2, 0.25) is 5.91 Å². The Morgan fingerprint density at radius 2 is 2.03 bits per heavy atom. The monoisotopic (exact) mass is 456 g/mol. The predicted octanol–water partition coefficient (Wildman–Crippen LogP) is 3.62. The normalized spacial score (nSPS) is 13.2. The van der Waals surface area contributed by atoms with E-state index in [1.165, 1.54) is 16.6 Å². The van der Waals surface area contributed by atoms with E-state index in [2.05, 4.69) is 5.32 Å². The third-order valence-electron chi connectivity index (χ3n) is 5.37. The van der Waals surface area contributed by atoms with Crippen LogP contribution < -0.4 is 16.6 Å². The fourth-order valence-corrected chi connectivity index (χ4v) is 6.23. The summed E-state index contributed by atoms with van der Waals surface area (Å²) in [5.41, 5.74) is 9.00. The highest BCUT2D eigenvalue weighted by molar-refractivity contribution is 7.99. The first-order valence-corrected chi connectivity index (χ1v) is 12.0. The number of nitrogens with two attached hydrogens (primary N) is 1. The number of thiophene rings is 1. The van der Waals surface area contributed by atoms with Gasteiger partial charge in [0.05, 0.1) is 11.1 Å². The maximum atomic E-state index is 13.7. The Labute approximate surface area is 188 Å². The molecule has 0 spiro atoms. The second-order valence-corrected chi connectivity index (χ2v) is 9.87. The maximum Gasteiger partial charge on any atom is 0.318 e. The minimum atomic E-state index is -0.870. The molecule has 4 rings (SSSR count). The Bertz CT molecular complexity index is 1250. The van der Waals surface area contributed by atoms with Gasteiger partial charge in [-0.3, -0.25) is 19.5 Å². The van der Waals surface area contributed by atoms with Crippen LogP contribution in [0, 0.1) is 13.8 Å². The summed E-state index contributed by atoms with van der Waals surface area (Å²) in [5, 5.41) is 3.35. The van der Waals surface area contributed by atoms with Crippen molar-refractivity contribution in [1.29, 1.82) is 0 Å². The van der Waals surface area contributed by atoms with E-state index in [-0.39, 0.29) is 12.0 Å². The van der Waals surface area contributed by atoms with Crippen LogP contribution in [0.4, 0.5) is 4.79 Å². The molecule has 1 aliphatic carbocycles. The number of nitrogens with one attached hydrogen (secondary N) is 1. The van der Waals surface area contributed by atoms with Gasteiger partial charge in [0, 0.05) is 17.1 Å². The van der Waals surface area contributed by atoms with Crippen LogP contribution in [-0.4, -0.2) is 27.2 Å². The Morgan fingerprint density at radius 3 is 2.77 bits per heavy atom. The quantitative estimate of drug-likeness (QED) is 0.450. The second kappa shape index (κ2) is 8.84. The van der Waals surface area contributed by atoms with E-state index < -0.39 is 11.9 Å². The Kier molecular flexibility index (Phi) is 6.15. The lowest BCUT2D eigenvalue weighted by Crippen LogP contribution is -2.35. The van der Waals surface area contributed by atoms with Crippen molar-refractivity contribution in [2.24, 2.45) is 5.73 Å². The van der Waals surface area contributed by atoms with Crippen molar-refractivity contribution in [3.05, 3.63) is 50.1 Å². The third kappa shape index (κ3) is 4.38. The van der Waals surface area contributed by atoms with E-state index in [9.17, 15) is 14.4 Å². The van der Waals surface area contributed by atoms with E-state index in [1.807, 2.05) is 32.0 Å². The summed E-state index contributed by atoms with van der Waals surface area (Å²) in [7, 11) is 0. The molecule has 0 aliphatic heterocycles. The SMILES string of the molecule is Cc1ccc(-n2c(SCCC(=O)NC(N)=O)nc3sc4c(c3c2=O)CCCC4)c(C)c1. The van der Waals surface area contributed by atoms with Crippen molar-refractivity contribution in [3.63, 3.8) is 0 Å². The van der Waals surface area contributed by atoms with E-state index in [1.54, 1.807) is 15.9 Å². The van der Waals surface area contributed by atoms with Crippen LogP contribution in [0.15, 0.2) is 28.2 Å². The maximum absolute atomic E-state index is 13.7. The van der Waals surface area contributed by atoms with E-state index >= 15 is 0 Å². The van der Waals surface area contributed by atoms with Gasteiger partial charge in [0.15, 0.2) is 5.16 Å². The summed E-state index contributed by atoms with van der Waals surface area (Å²) in [6, 6.07) is 5.11. The summed E-state index contributed by atoms with van der Waals surface area (Å²) in [6.45, 7) is 4.00. The zero-order valence-corrected chi connectivity index (χ0v) is 19.1. The van der Waals surface area contributed by atoms with Gasteiger partial charge in [-0.1, -0.05) is 29.5 Å². The first-order valence-electron chi connectivity index (χ1n) is 10.2. The van der Waals surface area contributed by atoms with Crippen LogP contribution in [0.1, 0.15) is 40.8 Å². The van der Waals surface area contributed by atoms with Crippen LogP contribution in [0.2, 0.25) is 0 Å². The van der Waals surface area contributed by atoms with Crippen LogP contribution in [0.25, 0.3) is 15.9 Å². The number of hydrogen-bond donors (Lipinski definition) is 2. The molecule has 7 nitrogen and oxygen atoms in total. The molecular weight excluding hydrogens is 432 g/mol. The topological polar surface area (TPSA) is 107 Å². The molecule has 0 saturated carbocycles. The van der Waals surface area contributed by atoms with Crippen molar-refractivity contribution in [1.82, 2.24) is 14.9 Å². The molecule has 0 fully saturated rings. The molecule has 0 radical (unpaired) electrons. The first-order chi connectivity index (χ1) is 14.8. The van der Waals surface area contributed by atoms with Crippen molar-refractivity contribution < 1.29 is 9.59 Å². The number of fused-ring (bicyclic) bond motifs is 3. The number of urea groups is 1. The largest absolute Gasteiger partial charge is 0.351 e. The molecule has 1 aliphatic rings. The summed E-state index contributed by atoms with van der Waals surface area (Å²) in [6.07, 6.45) is 4.23. The summed E-state index contributed by atoms with van der Waals surface area (Å²) in [4.78, 5) is 43.3. The zero-order valence-electron chi connectivity index (χ0n) is 17.5. The molecule has 0 bridgehead atoms. The number of aromatic nitrogens is 2. The van der Waals surface area contributed by atoms with Crippen molar-refractivity contribution in [3.8, 4) is 5.69 Å². The molecule has 1 aromatic carbocycles. The van der Waals surface area contributed by atoms with Crippen molar-refractivity contribution in [2.75, 3.05) is 5.75 Å². The van der Waals surface area contributed by atoms with Gasteiger partial charge in [0.1, 0.15) is 4.83 Å². The molecule has 2 aromatic heterocycles. The summed E-state index contributed by atoms with van der Waals surface area (Å²) >= 11 is 2.94. The number of nitrogens with zero attached hydrogens (tertiary/aromatic N) is 2. The molecule has 0 saturated heterocycles. The fraction of sp³-hybridized carbons (Fsp3) is 0.364. The predicted molar refractivity (Wildman–Crippen MR) is 124 cm³/mol. The van der Waals surface area contributed by atoms with Gasteiger partial charge < -0.3 is 5.73 Å². The van der Waals surface area contributed by atoms with Crippen molar-refractivity contribution in [2.45, 2.75) is 51.1 Å². The second-order valence-electron chi connectivity index (χ2n) is 7.73. The fourth-order valence-electron chi connectivity index (χ4n) is 3.99. The van der Waals surface area contributed by atoms with Gasteiger partial charge in [-0.05, 0) is 56.7 Å². The number of primary amides is 1. The molecule has 0 atom stereocenters. The number of imide groups is 1.